The lowest BCUT2D eigenvalue weighted by molar-refractivity contribution is 0.0594. The van der Waals surface area contributed by atoms with Crippen molar-refractivity contribution in [1.29, 1.82) is 0 Å². The molecule has 0 saturated heterocycles. The van der Waals surface area contributed by atoms with Crippen LogP contribution in [0, 0.1) is 6.92 Å². The molecule has 0 bridgehead atoms. The molecule has 0 aromatic carbocycles. The monoisotopic (exact) mass is 264 g/mol. The van der Waals surface area contributed by atoms with Gasteiger partial charge in [-0.15, -0.1) is 11.3 Å². The van der Waals surface area contributed by atoms with Crippen LogP contribution in [0.25, 0.3) is 10.6 Å². The third kappa shape index (κ3) is 2.33. The van der Waals surface area contributed by atoms with E-state index in [0.29, 0.717) is 11.6 Å². The van der Waals surface area contributed by atoms with E-state index in [2.05, 4.69) is 14.7 Å². The van der Waals surface area contributed by atoms with Gasteiger partial charge in [0.05, 0.1) is 14.2 Å². The first-order valence-corrected chi connectivity index (χ1v) is 6.03. The Kier molecular flexibility index (Phi) is 3.57. The zero-order valence-corrected chi connectivity index (χ0v) is 11.1. The van der Waals surface area contributed by atoms with Crippen LogP contribution in [0.1, 0.15) is 15.4 Å². The van der Waals surface area contributed by atoms with Gasteiger partial charge in [0, 0.05) is 22.7 Å². The molecule has 0 fully saturated rings. The van der Waals surface area contributed by atoms with Crippen LogP contribution in [0.3, 0.4) is 0 Å². The summed E-state index contributed by atoms with van der Waals surface area (Å²) in [4.78, 5) is 20.7. The van der Waals surface area contributed by atoms with Gasteiger partial charge in [-0.25, -0.2) is 14.8 Å². The number of hydrogen-bond donors (Lipinski definition) is 0. The van der Waals surface area contributed by atoms with E-state index in [0.717, 1.165) is 15.4 Å². The van der Waals surface area contributed by atoms with Crippen LogP contribution < -0.4 is 4.74 Å². The Hall–Kier alpha value is -1.95. The highest BCUT2D eigenvalue weighted by molar-refractivity contribution is 7.15. The van der Waals surface area contributed by atoms with Gasteiger partial charge in [0.15, 0.2) is 5.69 Å². The van der Waals surface area contributed by atoms with Gasteiger partial charge >= 0.3 is 5.97 Å². The van der Waals surface area contributed by atoms with Crippen molar-refractivity contribution in [2.75, 3.05) is 14.2 Å². The molecule has 0 unspecified atom stereocenters. The summed E-state index contributed by atoms with van der Waals surface area (Å²) in [5, 5.41) is 0.739. The fraction of sp³-hybridized carbons (Fsp3) is 0.250. The SMILES string of the molecule is COC(=O)c1nc(-c2ccc(OC)nc2)sc1C. The first kappa shape index (κ1) is 12.5. The fourth-order valence-electron chi connectivity index (χ4n) is 1.43. The molecular formula is C12H12N2O3S. The second kappa shape index (κ2) is 5.14. The Morgan fingerprint density at radius 1 is 1.33 bits per heavy atom. The maximum Gasteiger partial charge on any atom is 0.357 e. The molecule has 0 amide bonds. The van der Waals surface area contributed by atoms with Gasteiger partial charge < -0.3 is 9.47 Å². The lowest BCUT2D eigenvalue weighted by Gasteiger charge is -1.98. The van der Waals surface area contributed by atoms with E-state index in [1.807, 2.05) is 13.0 Å². The molecular weight excluding hydrogens is 252 g/mol. The maximum atomic E-state index is 11.5. The number of ether oxygens (including phenoxy) is 2. The molecule has 94 valence electrons. The van der Waals surface area contributed by atoms with Crippen LogP contribution in [0.2, 0.25) is 0 Å². The van der Waals surface area contributed by atoms with Gasteiger partial charge in [-0.2, -0.15) is 0 Å². The average molecular weight is 264 g/mol. The molecule has 5 nitrogen and oxygen atoms in total. The number of hydrogen-bond acceptors (Lipinski definition) is 6. The molecule has 2 aromatic heterocycles. The van der Waals surface area contributed by atoms with Gasteiger partial charge in [-0.3, -0.25) is 0 Å². The zero-order valence-electron chi connectivity index (χ0n) is 10.3. The Morgan fingerprint density at radius 3 is 2.67 bits per heavy atom. The quantitative estimate of drug-likeness (QED) is 0.796. The van der Waals surface area contributed by atoms with Crippen molar-refractivity contribution in [2.45, 2.75) is 6.92 Å². The number of pyridine rings is 1. The fourth-order valence-corrected chi connectivity index (χ4v) is 2.32. The summed E-state index contributed by atoms with van der Waals surface area (Å²) in [6, 6.07) is 3.61. The average Bonchev–Trinajstić information content (AvgIpc) is 2.80. The molecule has 18 heavy (non-hydrogen) atoms. The molecule has 0 aliphatic heterocycles. The number of aromatic nitrogens is 2. The minimum absolute atomic E-state index is 0.355. The summed E-state index contributed by atoms with van der Waals surface area (Å²) in [5.41, 5.74) is 1.20. The van der Waals surface area contributed by atoms with Gasteiger partial charge in [0.25, 0.3) is 0 Å². The van der Waals surface area contributed by atoms with Crippen molar-refractivity contribution in [3.8, 4) is 16.5 Å². The van der Waals surface area contributed by atoms with Crippen LogP contribution in [0.4, 0.5) is 0 Å². The van der Waals surface area contributed by atoms with Crippen molar-refractivity contribution in [3.63, 3.8) is 0 Å². The van der Waals surface area contributed by atoms with Crippen molar-refractivity contribution in [1.82, 2.24) is 9.97 Å². The summed E-state index contributed by atoms with van der Waals surface area (Å²) in [7, 11) is 2.90. The molecule has 6 heteroatoms. The van der Waals surface area contributed by atoms with Crippen molar-refractivity contribution >= 4 is 17.3 Å². The Morgan fingerprint density at radius 2 is 2.11 bits per heavy atom. The molecule has 2 heterocycles. The van der Waals surface area contributed by atoms with E-state index in [1.54, 1.807) is 19.4 Å². The normalized spacial score (nSPS) is 10.2. The maximum absolute atomic E-state index is 11.5. The van der Waals surface area contributed by atoms with Crippen molar-refractivity contribution in [2.24, 2.45) is 0 Å². The summed E-state index contributed by atoms with van der Waals surface area (Å²) < 4.78 is 9.66. The van der Waals surface area contributed by atoms with E-state index in [-0.39, 0.29) is 0 Å². The second-order valence-corrected chi connectivity index (χ2v) is 4.71. The second-order valence-electron chi connectivity index (χ2n) is 3.50. The Bertz CT molecular complexity index is 563. The largest absolute Gasteiger partial charge is 0.481 e. The lowest BCUT2D eigenvalue weighted by Crippen LogP contribution is -2.03. The Labute approximate surface area is 108 Å². The molecule has 0 radical (unpaired) electrons. The van der Waals surface area contributed by atoms with E-state index in [1.165, 1.54) is 18.4 Å². The van der Waals surface area contributed by atoms with Crippen LogP contribution in [-0.2, 0) is 4.74 Å². The highest BCUT2D eigenvalue weighted by Gasteiger charge is 2.16. The highest BCUT2D eigenvalue weighted by atomic mass is 32.1. The highest BCUT2D eigenvalue weighted by Crippen LogP contribution is 2.28. The summed E-state index contributed by atoms with van der Waals surface area (Å²) in [5.74, 6) is 0.122. The summed E-state index contributed by atoms with van der Waals surface area (Å²) in [6.07, 6.45) is 1.66. The van der Waals surface area contributed by atoms with E-state index in [9.17, 15) is 4.79 Å². The number of thiazole rings is 1. The lowest BCUT2D eigenvalue weighted by atomic mass is 10.3. The van der Waals surface area contributed by atoms with E-state index < -0.39 is 5.97 Å². The third-order valence-electron chi connectivity index (χ3n) is 2.37. The minimum Gasteiger partial charge on any atom is -0.481 e. The first-order valence-electron chi connectivity index (χ1n) is 5.22. The van der Waals surface area contributed by atoms with Crippen LogP contribution in [0.15, 0.2) is 18.3 Å². The predicted molar refractivity (Wildman–Crippen MR) is 68.0 cm³/mol. The number of methoxy groups -OCH3 is 2. The topological polar surface area (TPSA) is 61.3 Å². The standard InChI is InChI=1S/C12H12N2O3S/c1-7-10(12(15)17-3)14-11(18-7)8-4-5-9(16-2)13-6-8/h4-6H,1-3H3. The number of carbonyl (C=O) groups excluding carboxylic acids is 1. The molecule has 2 rings (SSSR count). The van der Waals surface area contributed by atoms with Crippen LogP contribution in [0.5, 0.6) is 5.88 Å². The number of esters is 1. The van der Waals surface area contributed by atoms with Gasteiger partial charge in [-0.05, 0) is 13.0 Å². The molecule has 2 aromatic rings. The van der Waals surface area contributed by atoms with E-state index in [4.69, 9.17) is 4.74 Å². The number of rotatable bonds is 3. The summed E-state index contributed by atoms with van der Waals surface area (Å²) in [6.45, 7) is 1.84. The summed E-state index contributed by atoms with van der Waals surface area (Å²) >= 11 is 1.43. The first-order chi connectivity index (χ1) is 8.65. The molecule has 0 N–H and O–H groups in total. The van der Waals surface area contributed by atoms with Crippen molar-refractivity contribution in [3.05, 3.63) is 28.9 Å². The number of carbonyl (C=O) groups is 1. The molecule has 0 saturated carbocycles. The van der Waals surface area contributed by atoms with Crippen molar-refractivity contribution < 1.29 is 14.3 Å². The van der Waals surface area contributed by atoms with Crippen LogP contribution >= 0.6 is 11.3 Å². The van der Waals surface area contributed by atoms with Gasteiger partial charge in [-0.1, -0.05) is 0 Å². The smallest absolute Gasteiger partial charge is 0.357 e. The predicted octanol–water partition coefficient (Wildman–Crippen LogP) is 2.31. The molecule has 0 aliphatic rings. The van der Waals surface area contributed by atoms with Gasteiger partial charge in [0.1, 0.15) is 5.01 Å². The minimum atomic E-state index is -0.420. The number of aryl methyl sites for hydroxylation is 1. The molecule has 0 spiro atoms. The Balaban J connectivity index is 2.36. The zero-order chi connectivity index (χ0) is 13.1. The van der Waals surface area contributed by atoms with Gasteiger partial charge in [0.2, 0.25) is 5.88 Å². The van der Waals surface area contributed by atoms with Crippen LogP contribution in [-0.4, -0.2) is 30.2 Å². The molecule has 0 aliphatic carbocycles. The number of nitrogens with zero attached hydrogens (tertiary/aromatic N) is 2. The third-order valence-corrected chi connectivity index (χ3v) is 3.39. The molecule has 0 atom stereocenters. The van der Waals surface area contributed by atoms with E-state index >= 15 is 0 Å².